The van der Waals surface area contributed by atoms with Gasteiger partial charge in [-0.25, -0.2) is 0 Å². The predicted octanol–water partition coefficient (Wildman–Crippen LogP) is 4.13. The molecule has 0 aliphatic rings. The van der Waals surface area contributed by atoms with E-state index >= 15 is 0 Å². The molecule has 0 atom stereocenters. The quantitative estimate of drug-likeness (QED) is 0.642. The standard InChI is InChI=1S/C18H20N2/c1-19(2)17-10-9-15-11-13-7-5-6-8-14(13)12-16(15)18(17)20(3)4/h5-12H,1-4H3. The van der Waals surface area contributed by atoms with Crippen LogP contribution in [0.25, 0.3) is 21.5 Å². The molecule has 3 aromatic carbocycles. The summed E-state index contributed by atoms with van der Waals surface area (Å²) in [5, 5.41) is 5.18. The van der Waals surface area contributed by atoms with E-state index in [1.807, 2.05) is 0 Å². The summed E-state index contributed by atoms with van der Waals surface area (Å²) in [5.41, 5.74) is 2.52. The van der Waals surface area contributed by atoms with E-state index in [1.54, 1.807) is 0 Å². The van der Waals surface area contributed by atoms with Gasteiger partial charge in [-0.2, -0.15) is 0 Å². The summed E-state index contributed by atoms with van der Waals surface area (Å²) < 4.78 is 0. The average molecular weight is 264 g/mol. The SMILES string of the molecule is CN(C)c1ccc2cc3ccccc3cc2c1N(C)C. The Balaban J connectivity index is 2.42. The van der Waals surface area contributed by atoms with Crippen LogP contribution in [0.3, 0.4) is 0 Å². The van der Waals surface area contributed by atoms with Crippen LogP contribution in [-0.2, 0) is 0 Å². The van der Waals surface area contributed by atoms with Crippen LogP contribution in [-0.4, -0.2) is 28.2 Å². The topological polar surface area (TPSA) is 6.48 Å². The van der Waals surface area contributed by atoms with Crippen molar-refractivity contribution in [2.24, 2.45) is 0 Å². The Hall–Kier alpha value is -2.22. The van der Waals surface area contributed by atoms with Gasteiger partial charge in [-0.05, 0) is 34.4 Å². The fourth-order valence-corrected chi connectivity index (χ4v) is 2.82. The first-order chi connectivity index (χ1) is 9.58. The van der Waals surface area contributed by atoms with Gasteiger partial charge in [0.05, 0.1) is 11.4 Å². The second-order valence-corrected chi connectivity index (χ2v) is 5.64. The molecule has 0 bridgehead atoms. The van der Waals surface area contributed by atoms with Crippen molar-refractivity contribution in [3.8, 4) is 0 Å². The highest BCUT2D eigenvalue weighted by Gasteiger charge is 2.11. The Bertz CT molecular complexity index is 773. The minimum atomic E-state index is 1.25. The molecule has 2 nitrogen and oxygen atoms in total. The number of anilines is 2. The first kappa shape index (κ1) is 12.8. The van der Waals surface area contributed by atoms with E-state index in [0.717, 1.165) is 0 Å². The maximum Gasteiger partial charge on any atom is 0.0678 e. The fourth-order valence-electron chi connectivity index (χ4n) is 2.82. The molecule has 0 saturated carbocycles. The van der Waals surface area contributed by atoms with Crippen LogP contribution in [0.5, 0.6) is 0 Å². The third-order valence-corrected chi connectivity index (χ3v) is 3.77. The smallest absolute Gasteiger partial charge is 0.0678 e. The monoisotopic (exact) mass is 264 g/mol. The molecule has 0 amide bonds. The van der Waals surface area contributed by atoms with Gasteiger partial charge < -0.3 is 9.80 Å². The zero-order valence-corrected chi connectivity index (χ0v) is 12.5. The lowest BCUT2D eigenvalue weighted by molar-refractivity contribution is 1.08. The highest BCUT2D eigenvalue weighted by Crippen LogP contribution is 2.37. The van der Waals surface area contributed by atoms with Gasteiger partial charge >= 0.3 is 0 Å². The van der Waals surface area contributed by atoms with Crippen molar-refractivity contribution in [1.29, 1.82) is 0 Å². The fraction of sp³-hybridized carbons (Fsp3) is 0.222. The van der Waals surface area contributed by atoms with Crippen molar-refractivity contribution < 1.29 is 0 Å². The van der Waals surface area contributed by atoms with Gasteiger partial charge in [0.2, 0.25) is 0 Å². The summed E-state index contributed by atoms with van der Waals surface area (Å²) in [5.74, 6) is 0. The molecule has 102 valence electrons. The Morgan fingerprint density at radius 3 is 1.90 bits per heavy atom. The normalized spacial score (nSPS) is 11.0. The van der Waals surface area contributed by atoms with Gasteiger partial charge in [0.25, 0.3) is 0 Å². The molecule has 0 saturated heterocycles. The zero-order valence-electron chi connectivity index (χ0n) is 12.5. The maximum absolute atomic E-state index is 2.30. The number of hydrogen-bond acceptors (Lipinski definition) is 2. The molecule has 2 heteroatoms. The highest BCUT2D eigenvalue weighted by molar-refractivity contribution is 6.07. The summed E-state index contributed by atoms with van der Waals surface area (Å²) in [4.78, 5) is 4.37. The lowest BCUT2D eigenvalue weighted by Crippen LogP contribution is -2.17. The summed E-state index contributed by atoms with van der Waals surface area (Å²) >= 11 is 0. The number of benzene rings is 3. The largest absolute Gasteiger partial charge is 0.376 e. The van der Waals surface area contributed by atoms with Crippen LogP contribution in [0.2, 0.25) is 0 Å². The van der Waals surface area contributed by atoms with Crippen molar-refractivity contribution in [3.05, 3.63) is 48.5 Å². The molecule has 0 fully saturated rings. The van der Waals surface area contributed by atoms with E-state index < -0.39 is 0 Å². The van der Waals surface area contributed by atoms with E-state index in [0.29, 0.717) is 0 Å². The third kappa shape index (κ3) is 1.97. The summed E-state index contributed by atoms with van der Waals surface area (Å²) in [6.07, 6.45) is 0. The van der Waals surface area contributed by atoms with Crippen LogP contribution < -0.4 is 9.80 Å². The van der Waals surface area contributed by atoms with Gasteiger partial charge in [0, 0.05) is 33.6 Å². The number of fused-ring (bicyclic) bond motifs is 2. The number of rotatable bonds is 2. The van der Waals surface area contributed by atoms with Crippen LogP contribution in [0, 0.1) is 0 Å². The Morgan fingerprint density at radius 2 is 1.30 bits per heavy atom. The van der Waals surface area contributed by atoms with Crippen molar-refractivity contribution in [1.82, 2.24) is 0 Å². The zero-order chi connectivity index (χ0) is 14.3. The first-order valence-electron chi connectivity index (χ1n) is 6.88. The molecule has 0 radical (unpaired) electrons. The van der Waals surface area contributed by atoms with Crippen LogP contribution in [0.1, 0.15) is 0 Å². The molecular formula is C18H20N2. The lowest BCUT2D eigenvalue weighted by Gasteiger charge is -2.24. The Kier molecular flexibility index (Phi) is 3.01. The number of nitrogens with zero attached hydrogens (tertiary/aromatic N) is 2. The van der Waals surface area contributed by atoms with Gasteiger partial charge in [-0.15, -0.1) is 0 Å². The molecule has 20 heavy (non-hydrogen) atoms. The molecule has 0 heterocycles. The van der Waals surface area contributed by atoms with Crippen LogP contribution >= 0.6 is 0 Å². The predicted molar refractivity (Wildman–Crippen MR) is 90.1 cm³/mol. The summed E-state index contributed by atoms with van der Waals surface area (Å²) in [7, 11) is 8.40. The lowest BCUT2D eigenvalue weighted by atomic mass is 10.0. The van der Waals surface area contributed by atoms with E-state index in [2.05, 4.69) is 86.5 Å². The van der Waals surface area contributed by atoms with Gasteiger partial charge in [0.15, 0.2) is 0 Å². The minimum Gasteiger partial charge on any atom is -0.376 e. The van der Waals surface area contributed by atoms with Gasteiger partial charge in [-0.1, -0.05) is 30.3 Å². The summed E-state index contributed by atoms with van der Waals surface area (Å²) in [6, 6.07) is 17.5. The second-order valence-electron chi connectivity index (χ2n) is 5.64. The maximum atomic E-state index is 2.30. The number of hydrogen-bond donors (Lipinski definition) is 0. The van der Waals surface area contributed by atoms with Crippen molar-refractivity contribution in [2.75, 3.05) is 38.0 Å². The van der Waals surface area contributed by atoms with Gasteiger partial charge in [-0.3, -0.25) is 0 Å². The molecular weight excluding hydrogens is 244 g/mol. The molecule has 0 unspecified atom stereocenters. The van der Waals surface area contributed by atoms with Crippen LogP contribution in [0.15, 0.2) is 48.5 Å². The van der Waals surface area contributed by atoms with Crippen molar-refractivity contribution in [2.45, 2.75) is 0 Å². The molecule has 0 spiro atoms. The second kappa shape index (κ2) is 4.71. The first-order valence-corrected chi connectivity index (χ1v) is 6.88. The summed E-state index contributed by atoms with van der Waals surface area (Å²) in [6.45, 7) is 0. The Labute approximate surface area is 120 Å². The molecule has 3 rings (SSSR count). The molecule has 0 aromatic heterocycles. The molecule has 0 N–H and O–H groups in total. The van der Waals surface area contributed by atoms with Crippen molar-refractivity contribution >= 4 is 32.9 Å². The third-order valence-electron chi connectivity index (χ3n) is 3.77. The van der Waals surface area contributed by atoms with E-state index in [9.17, 15) is 0 Å². The molecule has 0 aliphatic heterocycles. The van der Waals surface area contributed by atoms with Crippen molar-refractivity contribution in [3.63, 3.8) is 0 Å². The highest BCUT2D eigenvalue weighted by atomic mass is 15.1. The van der Waals surface area contributed by atoms with Crippen LogP contribution in [0.4, 0.5) is 11.4 Å². The molecule has 3 aromatic rings. The molecule has 0 aliphatic carbocycles. The van der Waals surface area contributed by atoms with E-state index in [1.165, 1.54) is 32.9 Å². The Morgan fingerprint density at radius 1 is 0.650 bits per heavy atom. The van der Waals surface area contributed by atoms with E-state index in [4.69, 9.17) is 0 Å². The van der Waals surface area contributed by atoms with Gasteiger partial charge in [0.1, 0.15) is 0 Å². The average Bonchev–Trinajstić information content (AvgIpc) is 2.43. The van der Waals surface area contributed by atoms with E-state index in [-0.39, 0.29) is 0 Å². The minimum absolute atomic E-state index is 1.25.